The molecular formula is C19H19F3N2O3. The number of hydrogen-bond donors (Lipinski definition) is 0. The van der Waals surface area contributed by atoms with Crippen molar-refractivity contribution in [1.29, 1.82) is 0 Å². The molecule has 1 amide bonds. The van der Waals surface area contributed by atoms with Crippen molar-refractivity contribution in [3.8, 4) is 0 Å². The van der Waals surface area contributed by atoms with Crippen LogP contribution < -0.4 is 0 Å². The smallest absolute Gasteiger partial charge is 0.416 e. The number of carbonyl (C=O) groups is 1. The SMILES string of the molecule is C[C@@H]1CO[C@H](c2cccc(C(F)(F)F)c2)CN1C(=O)c1ocnc1C1CC1. The molecule has 8 heteroatoms. The zero-order chi connectivity index (χ0) is 19.2. The molecular weight excluding hydrogens is 361 g/mol. The molecule has 1 saturated carbocycles. The Hall–Kier alpha value is -2.35. The fourth-order valence-corrected chi connectivity index (χ4v) is 3.35. The van der Waals surface area contributed by atoms with E-state index in [1.807, 2.05) is 6.92 Å². The first kappa shape index (κ1) is 18.0. The van der Waals surface area contributed by atoms with E-state index in [0.29, 0.717) is 11.3 Å². The van der Waals surface area contributed by atoms with Gasteiger partial charge < -0.3 is 14.1 Å². The number of alkyl halides is 3. The third-order valence-electron chi connectivity index (χ3n) is 5.03. The van der Waals surface area contributed by atoms with Gasteiger partial charge in [0.25, 0.3) is 5.91 Å². The number of benzene rings is 1. The molecule has 1 aromatic carbocycles. The lowest BCUT2D eigenvalue weighted by Gasteiger charge is -2.38. The summed E-state index contributed by atoms with van der Waals surface area (Å²) in [6.45, 7) is 2.24. The first-order valence-electron chi connectivity index (χ1n) is 8.87. The van der Waals surface area contributed by atoms with Crippen molar-refractivity contribution in [2.24, 2.45) is 0 Å². The number of oxazole rings is 1. The average Bonchev–Trinajstić information content (AvgIpc) is 3.37. The normalized spacial score (nSPS) is 23.5. The zero-order valence-electron chi connectivity index (χ0n) is 14.7. The molecule has 0 radical (unpaired) electrons. The van der Waals surface area contributed by atoms with Gasteiger partial charge in [0.05, 0.1) is 30.5 Å². The van der Waals surface area contributed by atoms with Crippen molar-refractivity contribution in [1.82, 2.24) is 9.88 Å². The maximum atomic E-state index is 13.0. The van der Waals surface area contributed by atoms with Crippen LogP contribution in [0, 0.1) is 0 Å². The van der Waals surface area contributed by atoms with E-state index in [1.165, 1.54) is 12.5 Å². The fourth-order valence-electron chi connectivity index (χ4n) is 3.35. The number of aromatic nitrogens is 1. The minimum absolute atomic E-state index is 0.159. The monoisotopic (exact) mass is 380 g/mol. The Morgan fingerprint density at radius 2 is 2.07 bits per heavy atom. The maximum absolute atomic E-state index is 13.0. The van der Waals surface area contributed by atoms with Gasteiger partial charge in [0.15, 0.2) is 6.39 Å². The molecule has 27 heavy (non-hydrogen) atoms. The summed E-state index contributed by atoms with van der Waals surface area (Å²) in [5, 5.41) is 0. The van der Waals surface area contributed by atoms with Crippen LogP contribution in [0.5, 0.6) is 0 Å². The van der Waals surface area contributed by atoms with E-state index in [9.17, 15) is 18.0 Å². The van der Waals surface area contributed by atoms with Crippen LogP contribution in [0.3, 0.4) is 0 Å². The Morgan fingerprint density at radius 1 is 1.30 bits per heavy atom. The van der Waals surface area contributed by atoms with Gasteiger partial charge in [0.2, 0.25) is 5.76 Å². The van der Waals surface area contributed by atoms with Gasteiger partial charge in [-0.3, -0.25) is 4.79 Å². The van der Waals surface area contributed by atoms with Crippen molar-refractivity contribution in [2.45, 2.75) is 44.0 Å². The van der Waals surface area contributed by atoms with Crippen LogP contribution in [0.2, 0.25) is 0 Å². The lowest BCUT2D eigenvalue weighted by Crippen LogP contribution is -2.48. The first-order chi connectivity index (χ1) is 12.8. The van der Waals surface area contributed by atoms with Crippen molar-refractivity contribution in [3.05, 3.63) is 53.2 Å². The molecule has 1 aromatic heterocycles. The average molecular weight is 380 g/mol. The number of hydrogen-bond acceptors (Lipinski definition) is 4. The predicted octanol–water partition coefficient (Wildman–Crippen LogP) is 4.17. The van der Waals surface area contributed by atoms with Gasteiger partial charge >= 0.3 is 6.18 Å². The van der Waals surface area contributed by atoms with Gasteiger partial charge in [-0.1, -0.05) is 12.1 Å². The van der Waals surface area contributed by atoms with Gasteiger partial charge in [0, 0.05) is 5.92 Å². The molecule has 5 nitrogen and oxygen atoms in total. The zero-order valence-corrected chi connectivity index (χ0v) is 14.7. The molecule has 1 aliphatic carbocycles. The lowest BCUT2D eigenvalue weighted by atomic mass is 10.0. The van der Waals surface area contributed by atoms with E-state index in [0.717, 1.165) is 25.0 Å². The van der Waals surface area contributed by atoms with Gasteiger partial charge in [-0.15, -0.1) is 0 Å². The molecule has 2 atom stereocenters. The highest BCUT2D eigenvalue weighted by Crippen LogP contribution is 2.41. The third kappa shape index (κ3) is 3.58. The number of nitrogens with zero attached hydrogens (tertiary/aromatic N) is 2. The standard InChI is InChI=1S/C19H19F3N2O3/c1-11-9-26-15(13-3-2-4-14(7-13)19(20,21)22)8-24(11)18(25)17-16(12-5-6-12)23-10-27-17/h2-4,7,10-12,15H,5-6,8-9H2,1H3/t11-,15+/m1/s1. The van der Waals surface area contributed by atoms with Crippen LogP contribution >= 0.6 is 0 Å². The second-order valence-electron chi connectivity index (χ2n) is 7.09. The fraction of sp³-hybridized carbons (Fsp3) is 0.474. The summed E-state index contributed by atoms with van der Waals surface area (Å²) >= 11 is 0. The Kier molecular flexibility index (Phi) is 4.46. The summed E-state index contributed by atoms with van der Waals surface area (Å²) in [4.78, 5) is 18.7. The molecule has 2 fully saturated rings. The summed E-state index contributed by atoms with van der Waals surface area (Å²) < 4.78 is 50.0. The molecule has 2 aromatic rings. The highest BCUT2D eigenvalue weighted by molar-refractivity contribution is 5.93. The van der Waals surface area contributed by atoms with Crippen LogP contribution in [-0.2, 0) is 10.9 Å². The quantitative estimate of drug-likeness (QED) is 0.802. The Bertz CT molecular complexity index is 845. The van der Waals surface area contributed by atoms with Crippen LogP contribution in [0.15, 0.2) is 35.1 Å². The Labute approximate surface area is 154 Å². The molecule has 4 rings (SSSR count). The van der Waals surface area contributed by atoms with Crippen LogP contribution in [0.1, 0.15) is 59.2 Å². The number of amides is 1. The summed E-state index contributed by atoms with van der Waals surface area (Å²) in [7, 11) is 0. The number of ether oxygens (including phenoxy) is 1. The van der Waals surface area contributed by atoms with Gasteiger partial charge in [-0.05, 0) is 37.5 Å². The minimum atomic E-state index is -4.42. The molecule has 0 unspecified atom stereocenters. The number of morpholine rings is 1. The number of halogens is 3. The minimum Gasteiger partial charge on any atom is -0.438 e. The lowest BCUT2D eigenvalue weighted by molar-refractivity contribution is -0.137. The van der Waals surface area contributed by atoms with E-state index in [-0.39, 0.29) is 36.8 Å². The number of rotatable bonds is 3. The molecule has 2 aliphatic rings. The van der Waals surface area contributed by atoms with Gasteiger partial charge in [0.1, 0.15) is 6.10 Å². The largest absolute Gasteiger partial charge is 0.438 e. The highest BCUT2D eigenvalue weighted by Gasteiger charge is 2.38. The highest BCUT2D eigenvalue weighted by atomic mass is 19.4. The summed E-state index contributed by atoms with van der Waals surface area (Å²) in [5.41, 5.74) is 0.343. The van der Waals surface area contributed by atoms with E-state index in [4.69, 9.17) is 9.15 Å². The molecule has 2 heterocycles. The van der Waals surface area contributed by atoms with Crippen molar-refractivity contribution in [3.63, 3.8) is 0 Å². The van der Waals surface area contributed by atoms with E-state index < -0.39 is 17.8 Å². The second-order valence-corrected chi connectivity index (χ2v) is 7.09. The summed E-state index contributed by atoms with van der Waals surface area (Å²) in [6.07, 6.45) is -1.81. The first-order valence-corrected chi connectivity index (χ1v) is 8.87. The van der Waals surface area contributed by atoms with Crippen molar-refractivity contribution >= 4 is 5.91 Å². The summed E-state index contributed by atoms with van der Waals surface area (Å²) in [5.74, 6) is 0.203. The molecule has 1 aliphatic heterocycles. The van der Waals surface area contributed by atoms with Crippen molar-refractivity contribution in [2.75, 3.05) is 13.2 Å². The number of carbonyl (C=O) groups excluding carboxylic acids is 1. The molecule has 0 N–H and O–H groups in total. The maximum Gasteiger partial charge on any atom is 0.416 e. The summed E-state index contributed by atoms with van der Waals surface area (Å²) in [6, 6.07) is 4.83. The molecule has 0 spiro atoms. The molecule has 0 bridgehead atoms. The molecule has 1 saturated heterocycles. The van der Waals surface area contributed by atoms with Crippen molar-refractivity contribution < 1.29 is 27.1 Å². The van der Waals surface area contributed by atoms with E-state index in [2.05, 4.69) is 4.98 Å². The van der Waals surface area contributed by atoms with Crippen LogP contribution in [-0.4, -0.2) is 35.0 Å². The molecule has 144 valence electrons. The topological polar surface area (TPSA) is 55.6 Å². The Morgan fingerprint density at radius 3 is 2.78 bits per heavy atom. The van der Waals surface area contributed by atoms with Crippen LogP contribution in [0.25, 0.3) is 0 Å². The van der Waals surface area contributed by atoms with E-state index >= 15 is 0 Å². The third-order valence-corrected chi connectivity index (χ3v) is 5.03. The predicted molar refractivity (Wildman–Crippen MR) is 89.1 cm³/mol. The van der Waals surface area contributed by atoms with E-state index in [1.54, 1.807) is 11.0 Å². The Balaban J connectivity index is 1.56. The second kappa shape index (κ2) is 6.67. The van der Waals surface area contributed by atoms with Crippen LogP contribution in [0.4, 0.5) is 13.2 Å². The van der Waals surface area contributed by atoms with Gasteiger partial charge in [-0.2, -0.15) is 13.2 Å². The van der Waals surface area contributed by atoms with Gasteiger partial charge in [-0.25, -0.2) is 4.98 Å².